The predicted octanol–water partition coefficient (Wildman–Crippen LogP) is 5.33. The van der Waals surface area contributed by atoms with Gasteiger partial charge in [-0.2, -0.15) is 0 Å². The Hall–Kier alpha value is -3.54. The number of anilines is 2. The van der Waals surface area contributed by atoms with Crippen LogP contribution in [-0.2, 0) is 0 Å². The summed E-state index contributed by atoms with van der Waals surface area (Å²) in [4.78, 5) is 8.96. The second-order valence-corrected chi connectivity index (χ2v) is 5.92. The highest BCUT2D eigenvalue weighted by atomic mass is 19.1. The van der Waals surface area contributed by atoms with Crippen molar-refractivity contribution in [2.24, 2.45) is 0 Å². The van der Waals surface area contributed by atoms with Gasteiger partial charge < -0.3 is 10.1 Å². The molecule has 0 unspecified atom stereocenters. The molecule has 1 heterocycles. The fourth-order valence-corrected chi connectivity index (χ4v) is 2.76. The molecule has 0 aliphatic carbocycles. The summed E-state index contributed by atoms with van der Waals surface area (Å²) in [6, 6.07) is 17.6. The number of nitrogens with zero attached hydrogens (tertiary/aromatic N) is 2. The number of fused-ring (bicyclic) bond motifs is 1. The van der Waals surface area contributed by atoms with Crippen molar-refractivity contribution in [1.82, 2.24) is 9.97 Å². The van der Waals surface area contributed by atoms with Gasteiger partial charge in [0, 0.05) is 16.6 Å². The average Bonchev–Trinajstić information content (AvgIpc) is 2.69. The summed E-state index contributed by atoms with van der Waals surface area (Å²) in [6.45, 7) is 0. The van der Waals surface area contributed by atoms with Crippen LogP contribution in [0.4, 0.5) is 20.3 Å². The second-order valence-electron chi connectivity index (χ2n) is 5.92. The second kappa shape index (κ2) is 6.99. The molecule has 4 nitrogen and oxygen atoms in total. The van der Waals surface area contributed by atoms with Crippen LogP contribution in [0, 0.1) is 11.6 Å². The molecule has 0 saturated heterocycles. The first-order chi connectivity index (χ1) is 13.1. The Morgan fingerprint density at radius 1 is 0.852 bits per heavy atom. The van der Waals surface area contributed by atoms with Crippen LogP contribution in [0.1, 0.15) is 0 Å². The fourth-order valence-electron chi connectivity index (χ4n) is 2.76. The molecule has 6 heteroatoms. The van der Waals surface area contributed by atoms with E-state index in [1.807, 2.05) is 12.1 Å². The van der Waals surface area contributed by atoms with Crippen molar-refractivity contribution in [3.63, 3.8) is 0 Å². The van der Waals surface area contributed by atoms with Crippen LogP contribution in [-0.4, -0.2) is 17.1 Å². The topological polar surface area (TPSA) is 47.0 Å². The molecule has 134 valence electrons. The first kappa shape index (κ1) is 16.9. The SMILES string of the molecule is COc1ccc(Nc2nc(-c3cccc(F)c3)nc3ccc(F)cc23)cc1. The largest absolute Gasteiger partial charge is 0.497 e. The maximum Gasteiger partial charge on any atom is 0.162 e. The van der Waals surface area contributed by atoms with Gasteiger partial charge in [-0.25, -0.2) is 18.7 Å². The van der Waals surface area contributed by atoms with Gasteiger partial charge in [-0.15, -0.1) is 0 Å². The number of halogens is 2. The lowest BCUT2D eigenvalue weighted by Crippen LogP contribution is -2.00. The molecule has 27 heavy (non-hydrogen) atoms. The molecule has 0 spiro atoms. The van der Waals surface area contributed by atoms with E-state index in [9.17, 15) is 8.78 Å². The molecule has 4 rings (SSSR count). The molecule has 0 saturated carbocycles. The van der Waals surface area contributed by atoms with Crippen molar-refractivity contribution in [2.75, 3.05) is 12.4 Å². The third-order valence-electron chi connectivity index (χ3n) is 4.09. The van der Waals surface area contributed by atoms with Gasteiger partial charge in [-0.1, -0.05) is 12.1 Å². The lowest BCUT2D eigenvalue weighted by atomic mass is 10.1. The van der Waals surface area contributed by atoms with Crippen molar-refractivity contribution in [3.8, 4) is 17.1 Å². The zero-order valence-electron chi connectivity index (χ0n) is 14.4. The van der Waals surface area contributed by atoms with E-state index in [1.165, 1.54) is 24.3 Å². The zero-order chi connectivity index (χ0) is 18.8. The summed E-state index contributed by atoms with van der Waals surface area (Å²) in [5.41, 5.74) is 1.85. The molecular formula is C21H15F2N3O. The van der Waals surface area contributed by atoms with Gasteiger partial charge >= 0.3 is 0 Å². The number of benzene rings is 3. The molecule has 0 fully saturated rings. The van der Waals surface area contributed by atoms with Crippen LogP contribution in [0.5, 0.6) is 5.75 Å². The van der Waals surface area contributed by atoms with Crippen LogP contribution >= 0.6 is 0 Å². The number of hydrogen-bond acceptors (Lipinski definition) is 4. The van der Waals surface area contributed by atoms with Gasteiger partial charge in [0.2, 0.25) is 0 Å². The molecule has 0 aliphatic rings. The maximum absolute atomic E-state index is 13.8. The highest BCUT2D eigenvalue weighted by Crippen LogP contribution is 2.28. The van der Waals surface area contributed by atoms with E-state index < -0.39 is 0 Å². The third-order valence-corrected chi connectivity index (χ3v) is 4.09. The van der Waals surface area contributed by atoms with Crippen LogP contribution in [0.3, 0.4) is 0 Å². The van der Waals surface area contributed by atoms with Crippen molar-refractivity contribution >= 4 is 22.4 Å². The number of rotatable bonds is 4. The van der Waals surface area contributed by atoms with Gasteiger partial charge in [0.15, 0.2) is 5.82 Å². The number of nitrogens with one attached hydrogen (secondary N) is 1. The average molecular weight is 363 g/mol. The van der Waals surface area contributed by atoms with E-state index in [-0.39, 0.29) is 11.6 Å². The minimum absolute atomic E-state index is 0.351. The zero-order valence-corrected chi connectivity index (χ0v) is 14.4. The van der Waals surface area contributed by atoms with Gasteiger partial charge in [0.1, 0.15) is 23.2 Å². The standard InChI is InChI=1S/C21H15F2N3O/c1-27-17-8-6-16(7-9-17)24-21-18-12-15(23)5-10-19(18)25-20(26-21)13-3-2-4-14(22)11-13/h2-12H,1H3,(H,24,25,26). The highest BCUT2D eigenvalue weighted by molar-refractivity contribution is 5.92. The Balaban J connectivity index is 1.84. The molecule has 3 aromatic carbocycles. The Morgan fingerprint density at radius 2 is 1.63 bits per heavy atom. The van der Waals surface area contributed by atoms with Crippen LogP contribution in [0.25, 0.3) is 22.3 Å². The molecule has 0 amide bonds. The first-order valence-electron chi connectivity index (χ1n) is 8.27. The van der Waals surface area contributed by atoms with E-state index in [2.05, 4.69) is 15.3 Å². The van der Waals surface area contributed by atoms with Crippen LogP contribution < -0.4 is 10.1 Å². The van der Waals surface area contributed by atoms with E-state index in [1.54, 1.807) is 37.4 Å². The Kier molecular flexibility index (Phi) is 4.38. The third kappa shape index (κ3) is 3.55. The smallest absolute Gasteiger partial charge is 0.162 e. The highest BCUT2D eigenvalue weighted by Gasteiger charge is 2.11. The van der Waals surface area contributed by atoms with Gasteiger partial charge in [0.05, 0.1) is 12.6 Å². The Labute approximate surface area is 154 Å². The lowest BCUT2D eigenvalue weighted by Gasteiger charge is -2.12. The van der Waals surface area contributed by atoms with Crippen molar-refractivity contribution in [1.29, 1.82) is 0 Å². The fraction of sp³-hybridized carbons (Fsp3) is 0.0476. The van der Waals surface area contributed by atoms with Gasteiger partial charge in [0.25, 0.3) is 0 Å². The lowest BCUT2D eigenvalue weighted by molar-refractivity contribution is 0.415. The van der Waals surface area contributed by atoms with Crippen LogP contribution in [0.2, 0.25) is 0 Å². The Morgan fingerprint density at radius 3 is 2.37 bits per heavy atom. The quantitative estimate of drug-likeness (QED) is 0.533. The van der Waals surface area contributed by atoms with Crippen molar-refractivity contribution < 1.29 is 13.5 Å². The summed E-state index contributed by atoms with van der Waals surface area (Å²) in [5.74, 6) is 0.746. The number of methoxy groups -OCH3 is 1. The molecule has 0 aliphatic heterocycles. The normalized spacial score (nSPS) is 10.8. The minimum Gasteiger partial charge on any atom is -0.497 e. The van der Waals surface area contributed by atoms with E-state index in [0.29, 0.717) is 28.1 Å². The predicted molar refractivity (Wildman–Crippen MR) is 101 cm³/mol. The molecule has 1 aromatic heterocycles. The molecule has 0 atom stereocenters. The summed E-state index contributed by atoms with van der Waals surface area (Å²) < 4.78 is 32.5. The molecular weight excluding hydrogens is 348 g/mol. The number of aromatic nitrogens is 2. The van der Waals surface area contributed by atoms with Crippen molar-refractivity contribution in [3.05, 3.63) is 78.4 Å². The monoisotopic (exact) mass is 363 g/mol. The number of hydrogen-bond donors (Lipinski definition) is 1. The number of ether oxygens (including phenoxy) is 1. The molecule has 0 bridgehead atoms. The van der Waals surface area contributed by atoms with Crippen molar-refractivity contribution in [2.45, 2.75) is 0 Å². The van der Waals surface area contributed by atoms with E-state index in [4.69, 9.17) is 4.74 Å². The maximum atomic E-state index is 13.8. The van der Waals surface area contributed by atoms with Gasteiger partial charge in [-0.05, 0) is 54.6 Å². The minimum atomic E-state index is -0.387. The molecule has 1 N–H and O–H groups in total. The first-order valence-corrected chi connectivity index (χ1v) is 8.27. The summed E-state index contributed by atoms with van der Waals surface area (Å²) in [5, 5.41) is 3.72. The molecule has 4 aromatic rings. The summed E-state index contributed by atoms with van der Waals surface area (Å²) in [7, 11) is 1.59. The van der Waals surface area contributed by atoms with Crippen LogP contribution in [0.15, 0.2) is 66.7 Å². The van der Waals surface area contributed by atoms with Gasteiger partial charge in [-0.3, -0.25) is 0 Å². The van der Waals surface area contributed by atoms with E-state index >= 15 is 0 Å². The summed E-state index contributed by atoms with van der Waals surface area (Å²) in [6.07, 6.45) is 0. The molecule has 0 radical (unpaired) electrons. The van der Waals surface area contributed by atoms with E-state index in [0.717, 1.165) is 11.4 Å². The summed E-state index contributed by atoms with van der Waals surface area (Å²) >= 11 is 0. The Bertz CT molecular complexity index is 1110.